The predicted molar refractivity (Wildman–Crippen MR) is 200 cm³/mol. The van der Waals surface area contributed by atoms with Crippen molar-refractivity contribution < 1.29 is 48.2 Å². The fourth-order valence-corrected chi connectivity index (χ4v) is 10.3. The molecule has 6 rings (SSSR count). The number of nitrogens with zero attached hydrogens (tertiary/aromatic N) is 1. The number of carbonyl (C=O) groups excluding carboxylic acids is 1. The highest BCUT2D eigenvalue weighted by Gasteiger charge is 2.52. The number of hydrogen-bond acceptors (Lipinski definition) is 11. The molecule has 0 aromatic heterocycles. The van der Waals surface area contributed by atoms with Crippen molar-refractivity contribution >= 4 is 5.78 Å². The number of hydrogen-bond donors (Lipinski definition) is 2. The van der Waals surface area contributed by atoms with E-state index in [9.17, 15) is 15.0 Å². The van der Waals surface area contributed by atoms with Crippen LogP contribution in [0.25, 0.3) is 0 Å². The van der Waals surface area contributed by atoms with E-state index in [0.717, 1.165) is 50.5 Å². The van der Waals surface area contributed by atoms with Gasteiger partial charge >= 0.3 is 0 Å². The van der Waals surface area contributed by atoms with Crippen molar-refractivity contribution in [2.75, 3.05) is 28.3 Å². The van der Waals surface area contributed by atoms with Crippen LogP contribution in [0, 0.1) is 35.5 Å². The van der Waals surface area contributed by atoms with Crippen LogP contribution < -0.4 is 0 Å². The minimum atomic E-state index is -0.990. The van der Waals surface area contributed by atoms with Gasteiger partial charge in [-0.1, -0.05) is 44.2 Å². The second-order valence-electron chi connectivity index (χ2n) is 16.8. The number of carbonyl (C=O) groups is 1. The lowest BCUT2D eigenvalue weighted by Crippen LogP contribution is -2.59. The summed E-state index contributed by atoms with van der Waals surface area (Å²) in [7, 11) is 7.34. The Hall–Kier alpha value is -1.51. The van der Waals surface area contributed by atoms with Crippen LogP contribution in [-0.4, -0.2) is 123 Å². The first kappa shape index (κ1) is 41.1. The molecule has 0 spiro atoms. The maximum Gasteiger partial charge on any atom is 0.187 e. The summed E-state index contributed by atoms with van der Waals surface area (Å²) >= 11 is 0. The molecular formula is C42H67NO10. The Bertz CT molecular complexity index is 1300. The lowest BCUT2D eigenvalue weighted by Gasteiger charge is -2.43. The molecule has 3 aliphatic heterocycles. The van der Waals surface area contributed by atoms with Gasteiger partial charge in [0, 0.05) is 32.6 Å². The maximum absolute atomic E-state index is 14.7. The van der Waals surface area contributed by atoms with E-state index in [2.05, 4.69) is 63.2 Å². The number of fused-ring (bicyclic) bond motifs is 5. The number of Topliss-reactive ketones (excluding diaryl/α,β-unsaturated/α-hetero) is 1. The number of likely N-dealkylation sites (N-methyl/N-ethyl adjacent to an activating group) is 1. The van der Waals surface area contributed by atoms with E-state index in [1.807, 2.05) is 13.8 Å². The number of aliphatic hydroxyl groups excluding tert-OH is 2. The zero-order chi connectivity index (χ0) is 38.0. The van der Waals surface area contributed by atoms with Gasteiger partial charge < -0.3 is 48.3 Å². The molecule has 0 aromatic carbocycles. The fraction of sp³-hybridized carbons (Fsp3) is 0.833. The zero-order valence-corrected chi connectivity index (χ0v) is 33.3. The van der Waals surface area contributed by atoms with Crippen LogP contribution >= 0.6 is 0 Å². The maximum atomic E-state index is 14.7. The summed E-state index contributed by atoms with van der Waals surface area (Å²) in [4.78, 5) is 16.9. The first-order valence-corrected chi connectivity index (χ1v) is 20.4. The molecule has 4 fully saturated rings. The average Bonchev–Trinajstić information content (AvgIpc) is 3.71. The second kappa shape index (κ2) is 18.2. The molecule has 2 N–H and O–H groups in total. The van der Waals surface area contributed by atoms with Crippen molar-refractivity contribution in [3.05, 3.63) is 36.0 Å². The van der Waals surface area contributed by atoms with Gasteiger partial charge in [-0.05, 0) is 114 Å². The highest BCUT2D eigenvalue weighted by molar-refractivity contribution is 5.98. The van der Waals surface area contributed by atoms with E-state index >= 15 is 0 Å². The van der Waals surface area contributed by atoms with Gasteiger partial charge in [0.2, 0.25) is 0 Å². The van der Waals surface area contributed by atoms with Crippen molar-refractivity contribution in [3.63, 3.8) is 0 Å². The predicted octanol–water partition coefficient (Wildman–Crippen LogP) is 5.18. The lowest BCUT2D eigenvalue weighted by atomic mass is 9.70. The van der Waals surface area contributed by atoms with E-state index in [-0.39, 0.29) is 72.0 Å². The van der Waals surface area contributed by atoms with Gasteiger partial charge in [0.15, 0.2) is 24.7 Å². The highest BCUT2D eigenvalue weighted by Crippen LogP contribution is 2.54. The minimum absolute atomic E-state index is 0.0323. The fourth-order valence-electron chi connectivity index (χ4n) is 10.3. The SMILES string of the molecule is CC/C=C/[C@H]1CCC[C@H](OC2CC[C@H](N(C)C)[C@@H](C)O2)[C@@H](C)C(=O)C2=CC3C(C=CC4C[C@@H](O[C@@H]5O[C@@H](C)[C@H](O)[C@@H](OC)C5OC)CC43)C2CC(O)O1. The Morgan fingerprint density at radius 1 is 0.887 bits per heavy atom. The van der Waals surface area contributed by atoms with Gasteiger partial charge in [-0.25, -0.2) is 0 Å². The number of methoxy groups -OCH3 is 2. The van der Waals surface area contributed by atoms with Crippen molar-refractivity contribution in [2.24, 2.45) is 35.5 Å². The van der Waals surface area contributed by atoms with Crippen LogP contribution in [0.2, 0.25) is 0 Å². The number of rotatable bonds is 9. The van der Waals surface area contributed by atoms with Gasteiger partial charge in [-0.15, -0.1) is 0 Å². The number of allylic oxidation sites excluding steroid dienone is 5. The van der Waals surface area contributed by atoms with Crippen LogP contribution in [0.4, 0.5) is 0 Å². The van der Waals surface area contributed by atoms with Gasteiger partial charge in [0.05, 0.1) is 30.5 Å². The summed E-state index contributed by atoms with van der Waals surface area (Å²) in [6.07, 6.45) is 12.9. The second-order valence-corrected chi connectivity index (χ2v) is 16.8. The molecular weight excluding hydrogens is 678 g/mol. The first-order valence-electron chi connectivity index (χ1n) is 20.4. The zero-order valence-electron chi connectivity index (χ0n) is 33.3. The van der Waals surface area contributed by atoms with Crippen molar-refractivity contribution in [3.8, 4) is 0 Å². The molecule has 3 aliphatic carbocycles. The molecule has 3 saturated heterocycles. The Kier molecular flexibility index (Phi) is 14.1. The van der Waals surface area contributed by atoms with Crippen LogP contribution in [0.3, 0.4) is 0 Å². The summed E-state index contributed by atoms with van der Waals surface area (Å²) in [5.41, 5.74) is 0.797. The molecule has 300 valence electrons. The quantitative estimate of drug-likeness (QED) is 0.304. The Labute approximate surface area is 317 Å². The molecule has 3 heterocycles. The summed E-state index contributed by atoms with van der Waals surface area (Å²) in [6, 6.07) is 0.334. The molecule has 0 radical (unpaired) electrons. The van der Waals surface area contributed by atoms with Crippen molar-refractivity contribution in [1.82, 2.24) is 4.90 Å². The minimum Gasteiger partial charge on any atom is -0.388 e. The molecule has 11 heteroatoms. The summed E-state index contributed by atoms with van der Waals surface area (Å²) < 4.78 is 43.6. The van der Waals surface area contributed by atoms with Gasteiger partial charge in [-0.3, -0.25) is 4.79 Å². The summed E-state index contributed by atoms with van der Waals surface area (Å²) in [6.45, 7) is 8.05. The van der Waals surface area contributed by atoms with E-state index in [1.54, 1.807) is 14.2 Å². The van der Waals surface area contributed by atoms with E-state index in [4.69, 9.17) is 33.2 Å². The van der Waals surface area contributed by atoms with Gasteiger partial charge in [-0.2, -0.15) is 0 Å². The van der Waals surface area contributed by atoms with E-state index in [1.165, 1.54) is 0 Å². The molecule has 8 unspecified atom stereocenters. The Morgan fingerprint density at radius 2 is 1.66 bits per heavy atom. The molecule has 6 aliphatic rings. The van der Waals surface area contributed by atoms with Crippen LogP contribution in [-0.2, 0) is 38.0 Å². The number of ether oxygens (including phenoxy) is 7. The van der Waals surface area contributed by atoms with Crippen molar-refractivity contribution in [1.29, 1.82) is 0 Å². The average molecular weight is 746 g/mol. The summed E-state index contributed by atoms with van der Waals surface area (Å²) in [5.74, 6) is 0.327. The Balaban J connectivity index is 1.22. The van der Waals surface area contributed by atoms with Gasteiger partial charge in [0.25, 0.3) is 0 Å². The van der Waals surface area contributed by atoms with Crippen LogP contribution in [0.1, 0.15) is 85.5 Å². The molecule has 0 amide bonds. The lowest BCUT2D eigenvalue weighted by molar-refractivity contribution is -0.311. The van der Waals surface area contributed by atoms with Crippen molar-refractivity contribution in [2.45, 2.75) is 159 Å². The topological polar surface area (TPSA) is 125 Å². The standard InChI is InChI=1S/C42H67NO10/c1-9-10-12-27-13-11-14-35(53-37-18-17-34(43(5)6)24(3)49-37)23(2)38(45)33-21-31-29(32(33)22-36(44)51-27)16-15-26-19-28(20-30(26)31)52-42-41(48-8)40(47-7)39(46)25(4)50-42/h10,12,15-16,21,23-32,34-37,39-42,44,46H,9,11,13-14,17-20,22H2,1-8H3/b12-10+/t23-,24-,25+,26?,27+,28-,29?,30?,31?,32?,34+,35+,36?,37?,39+,40-,41?,42+/m1/s1. The third-order valence-electron chi connectivity index (χ3n) is 13.2. The Morgan fingerprint density at radius 3 is 2.36 bits per heavy atom. The number of ketones is 1. The monoisotopic (exact) mass is 745 g/mol. The molecule has 11 nitrogen and oxygen atoms in total. The summed E-state index contributed by atoms with van der Waals surface area (Å²) in [5, 5.41) is 22.1. The van der Waals surface area contributed by atoms with Gasteiger partial charge in [0.1, 0.15) is 18.3 Å². The molecule has 18 atom stereocenters. The normalized spacial score (nSPS) is 46.8. The first-order chi connectivity index (χ1) is 25.4. The smallest absolute Gasteiger partial charge is 0.187 e. The van der Waals surface area contributed by atoms with E-state index < -0.39 is 37.0 Å². The molecule has 1 saturated carbocycles. The molecule has 0 aromatic rings. The number of aliphatic hydroxyl groups is 2. The van der Waals surface area contributed by atoms with Crippen LogP contribution in [0.15, 0.2) is 36.0 Å². The molecule has 0 bridgehead atoms. The molecule has 53 heavy (non-hydrogen) atoms. The highest BCUT2D eigenvalue weighted by atomic mass is 16.7. The van der Waals surface area contributed by atoms with Crippen LogP contribution in [0.5, 0.6) is 0 Å². The largest absolute Gasteiger partial charge is 0.388 e. The third-order valence-corrected chi connectivity index (χ3v) is 13.2. The third kappa shape index (κ3) is 9.06. The van der Waals surface area contributed by atoms with E-state index in [0.29, 0.717) is 18.9 Å².